The van der Waals surface area contributed by atoms with E-state index in [0.717, 1.165) is 15.8 Å². The van der Waals surface area contributed by atoms with Crippen LogP contribution in [-0.2, 0) is 20.7 Å². The molecular weight excluding hydrogens is 342 g/mol. The van der Waals surface area contributed by atoms with Gasteiger partial charge in [0.25, 0.3) is 0 Å². The quantitative estimate of drug-likeness (QED) is 0.710. The number of hydrogen-bond acceptors (Lipinski definition) is 5. The summed E-state index contributed by atoms with van der Waals surface area (Å²) in [6.07, 6.45) is -0.538. The van der Waals surface area contributed by atoms with E-state index in [4.69, 9.17) is 4.74 Å². The van der Waals surface area contributed by atoms with Gasteiger partial charge in [-0.1, -0.05) is 6.07 Å². The van der Waals surface area contributed by atoms with Crippen molar-refractivity contribution in [1.29, 1.82) is 0 Å². The summed E-state index contributed by atoms with van der Waals surface area (Å²) in [5, 5.41) is 11.8. The maximum atomic E-state index is 11.6. The first-order valence-electron chi connectivity index (χ1n) is 6.33. The van der Waals surface area contributed by atoms with Crippen LogP contribution in [0.2, 0.25) is 0 Å². The number of nitrogens with one attached hydrogen (secondary N) is 1. The SMILES string of the molecule is COC(=O)C(O)CNC(=O)CCc1ccc(OC)c(Br)c1. The number of carbonyl (C=O) groups excluding carboxylic acids is 2. The Hall–Kier alpha value is -1.60. The minimum atomic E-state index is -1.34. The molecule has 0 aliphatic heterocycles. The third-order valence-electron chi connectivity index (χ3n) is 2.82. The van der Waals surface area contributed by atoms with Crippen molar-refractivity contribution in [2.24, 2.45) is 0 Å². The Morgan fingerprint density at radius 1 is 1.38 bits per heavy atom. The van der Waals surface area contributed by atoms with Crippen LogP contribution in [-0.4, -0.2) is 43.9 Å². The predicted octanol–water partition coefficient (Wildman–Crippen LogP) is 1.04. The van der Waals surface area contributed by atoms with Crippen molar-refractivity contribution in [2.45, 2.75) is 18.9 Å². The molecule has 0 fully saturated rings. The number of methoxy groups -OCH3 is 2. The average molecular weight is 360 g/mol. The van der Waals surface area contributed by atoms with E-state index in [9.17, 15) is 14.7 Å². The van der Waals surface area contributed by atoms with E-state index in [1.165, 1.54) is 7.11 Å². The van der Waals surface area contributed by atoms with Gasteiger partial charge in [-0.15, -0.1) is 0 Å². The number of ether oxygens (including phenoxy) is 2. The van der Waals surface area contributed by atoms with Crippen LogP contribution in [0.1, 0.15) is 12.0 Å². The van der Waals surface area contributed by atoms with Crippen LogP contribution in [0, 0.1) is 0 Å². The fourth-order valence-electron chi connectivity index (χ4n) is 1.64. The Kier molecular flexibility index (Phi) is 7.18. The first kappa shape index (κ1) is 17.5. The Morgan fingerprint density at radius 2 is 2.10 bits per heavy atom. The largest absolute Gasteiger partial charge is 0.496 e. The predicted molar refractivity (Wildman–Crippen MR) is 80.0 cm³/mol. The topological polar surface area (TPSA) is 84.9 Å². The molecule has 0 saturated heterocycles. The molecule has 0 aromatic heterocycles. The monoisotopic (exact) mass is 359 g/mol. The summed E-state index contributed by atoms with van der Waals surface area (Å²) in [6, 6.07) is 5.58. The molecule has 0 radical (unpaired) electrons. The maximum absolute atomic E-state index is 11.6. The molecule has 0 bridgehead atoms. The van der Waals surface area contributed by atoms with Crippen LogP contribution in [0.15, 0.2) is 22.7 Å². The molecule has 116 valence electrons. The smallest absolute Gasteiger partial charge is 0.336 e. The van der Waals surface area contributed by atoms with E-state index < -0.39 is 12.1 Å². The highest BCUT2D eigenvalue weighted by Crippen LogP contribution is 2.25. The van der Waals surface area contributed by atoms with E-state index in [1.807, 2.05) is 18.2 Å². The van der Waals surface area contributed by atoms with Crippen molar-refractivity contribution < 1.29 is 24.2 Å². The third-order valence-corrected chi connectivity index (χ3v) is 3.44. The highest BCUT2D eigenvalue weighted by molar-refractivity contribution is 9.10. The number of amides is 1. The lowest BCUT2D eigenvalue weighted by atomic mass is 10.1. The molecule has 1 rings (SSSR count). The van der Waals surface area contributed by atoms with E-state index in [0.29, 0.717) is 6.42 Å². The van der Waals surface area contributed by atoms with Gasteiger partial charge in [0, 0.05) is 6.42 Å². The fraction of sp³-hybridized carbons (Fsp3) is 0.429. The highest BCUT2D eigenvalue weighted by Gasteiger charge is 2.16. The Labute approximate surface area is 131 Å². The van der Waals surface area contributed by atoms with Gasteiger partial charge in [0.05, 0.1) is 25.2 Å². The lowest BCUT2D eigenvalue weighted by Gasteiger charge is -2.10. The first-order valence-corrected chi connectivity index (χ1v) is 7.12. The number of hydrogen-bond donors (Lipinski definition) is 2. The van der Waals surface area contributed by atoms with Gasteiger partial charge >= 0.3 is 5.97 Å². The fourth-order valence-corrected chi connectivity index (χ4v) is 2.23. The molecule has 0 saturated carbocycles. The van der Waals surface area contributed by atoms with Crippen LogP contribution < -0.4 is 10.1 Å². The van der Waals surface area contributed by atoms with Gasteiger partial charge < -0.3 is 19.9 Å². The lowest BCUT2D eigenvalue weighted by Crippen LogP contribution is -2.37. The summed E-state index contributed by atoms with van der Waals surface area (Å²) in [6.45, 7) is -0.155. The van der Waals surface area contributed by atoms with Gasteiger partial charge in [0.2, 0.25) is 5.91 Å². The van der Waals surface area contributed by atoms with E-state index in [1.54, 1.807) is 7.11 Å². The first-order chi connectivity index (χ1) is 9.97. The third kappa shape index (κ3) is 5.73. The van der Waals surface area contributed by atoms with Crippen molar-refractivity contribution in [3.8, 4) is 5.75 Å². The second kappa shape index (κ2) is 8.63. The zero-order valence-corrected chi connectivity index (χ0v) is 13.5. The molecule has 0 spiro atoms. The second-order valence-electron chi connectivity index (χ2n) is 4.31. The summed E-state index contributed by atoms with van der Waals surface area (Å²) in [4.78, 5) is 22.6. The van der Waals surface area contributed by atoms with Crippen molar-refractivity contribution in [3.63, 3.8) is 0 Å². The summed E-state index contributed by atoms with van der Waals surface area (Å²) in [7, 11) is 2.76. The number of aliphatic hydroxyl groups excluding tert-OH is 1. The zero-order valence-electron chi connectivity index (χ0n) is 11.9. The molecule has 21 heavy (non-hydrogen) atoms. The normalized spacial score (nSPS) is 11.6. The van der Waals surface area contributed by atoms with E-state index in [-0.39, 0.29) is 18.9 Å². The number of benzene rings is 1. The number of aryl methyl sites for hydroxylation is 1. The Balaban J connectivity index is 2.39. The summed E-state index contributed by atoms with van der Waals surface area (Å²) in [5.41, 5.74) is 0.978. The molecule has 0 heterocycles. The molecule has 0 aliphatic rings. The molecular formula is C14H18BrNO5. The van der Waals surface area contributed by atoms with Crippen molar-refractivity contribution in [3.05, 3.63) is 28.2 Å². The molecule has 7 heteroatoms. The van der Waals surface area contributed by atoms with Crippen molar-refractivity contribution >= 4 is 27.8 Å². The molecule has 2 N–H and O–H groups in total. The number of rotatable bonds is 7. The van der Waals surface area contributed by atoms with Crippen LogP contribution in [0.5, 0.6) is 5.75 Å². The van der Waals surface area contributed by atoms with E-state index >= 15 is 0 Å². The standard InChI is InChI=1S/C14H18BrNO5/c1-20-12-5-3-9(7-10(12)15)4-6-13(18)16-8-11(17)14(19)21-2/h3,5,7,11,17H,4,6,8H2,1-2H3,(H,16,18). The summed E-state index contributed by atoms with van der Waals surface area (Å²) < 4.78 is 10.3. The molecule has 1 aromatic rings. The van der Waals surface area contributed by atoms with Gasteiger partial charge in [0.15, 0.2) is 6.10 Å². The molecule has 6 nitrogen and oxygen atoms in total. The maximum Gasteiger partial charge on any atom is 0.336 e. The number of esters is 1. The highest BCUT2D eigenvalue weighted by atomic mass is 79.9. The Bertz CT molecular complexity index is 506. The van der Waals surface area contributed by atoms with Crippen molar-refractivity contribution in [1.82, 2.24) is 5.32 Å². The Morgan fingerprint density at radius 3 is 2.67 bits per heavy atom. The van der Waals surface area contributed by atoms with Gasteiger partial charge in [-0.25, -0.2) is 4.79 Å². The van der Waals surface area contributed by atoms with Crippen LogP contribution in [0.4, 0.5) is 0 Å². The van der Waals surface area contributed by atoms with Crippen LogP contribution in [0.3, 0.4) is 0 Å². The van der Waals surface area contributed by atoms with Gasteiger partial charge in [0.1, 0.15) is 5.75 Å². The minimum absolute atomic E-state index is 0.155. The molecule has 1 unspecified atom stereocenters. The van der Waals surface area contributed by atoms with Crippen molar-refractivity contribution in [2.75, 3.05) is 20.8 Å². The number of aliphatic hydroxyl groups is 1. The minimum Gasteiger partial charge on any atom is -0.496 e. The second-order valence-corrected chi connectivity index (χ2v) is 5.17. The molecule has 0 aliphatic carbocycles. The lowest BCUT2D eigenvalue weighted by molar-refractivity contribution is -0.150. The summed E-state index contributed by atoms with van der Waals surface area (Å²) in [5.74, 6) is -0.288. The van der Waals surface area contributed by atoms with Crippen LogP contribution >= 0.6 is 15.9 Å². The number of halogens is 1. The molecule has 1 amide bonds. The number of carbonyl (C=O) groups is 2. The van der Waals surface area contributed by atoms with Gasteiger partial charge in [-0.3, -0.25) is 4.79 Å². The van der Waals surface area contributed by atoms with Gasteiger partial charge in [-0.2, -0.15) is 0 Å². The van der Waals surface area contributed by atoms with E-state index in [2.05, 4.69) is 26.0 Å². The molecule has 1 atom stereocenters. The van der Waals surface area contributed by atoms with Crippen LogP contribution in [0.25, 0.3) is 0 Å². The van der Waals surface area contributed by atoms with Gasteiger partial charge in [-0.05, 0) is 40.0 Å². The average Bonchev–Trinajstić information content (AvgIpc) is 2.49. The zero-order chi connectivity index (χ0) is 15.8. The summed E-state index contributed by atoms with van der Waals surface area (Å²) >= 11 is 3.38. The molecule has 1 aromatic carbocycles.